The summed E-state index contributed by atoms with van der Waals surface area (Å²) in [5.41, 5.74) is -0.0359. The SMILES string of the molecule is O=C(NCc1ccco1)[C@]1(c2ccccc2)CC1(Cl)Cl. The Bertz CT molecular complexity index is 610. The molecule has 0 bridgehead atoms. The number of hydrogen-bond acceptors (Lipinski definition) is 2. The highest BCUT2D eigenvalue weighted by Crippen LogP contribution is 2.64. The van der Waals surface area contributed by atoms with E-state index in [0.717, 1.165) is 5.56 Å². The second-order valence-corrected chi connectivity index (χ2v) is 6.40. The molecule has 0 spiro atoms. The van der Waals surface area contributed by atoms with Crippen LogP contribution in [-0.2, 0) is 16.8 Å². The lowest BCUT2D eigenvalue weighted by Crippen LogP contribution is -2.37. The van der Waals surface area contributed by atoms with Gasteiger partial charge in [0.25, 0.3) is 0 Å². The van der Waals surface area contributed by atoms with E-state index in [-0.39, 0.29) is 5.91 Å². The zero-order valence-electron chi connectivity index (χ0n) is 10.6. The van der Waals surface area contributed by atoms with Crippen molar-refractivity contribution >= 4 is 29.1 Å². The van der Waals surface area contributed by atoms with E-state index >= 15 is 0 Å². The number of furan rings is 1. The van der Waals surface area contributed by atoms with Gasteiger partial charge in [-0.05, 0) is 17.7 Å². The van der Waals surface area contributed by atoms with Gasteiger partial charge in [-0.15, -0.1) is 23.2 Å². The van der Waals surface area contributed by atoms with Crippen molar-refractivity contribution in [2.24, 2.45) is 0 Å². The van der Waals surface area contributed by atoms with Crippen LogP contribution in [0.25, 0.3) is 0 Å². The Morgan fingerprint density at radius 2 is 1.90 bits per heavy atom. The summed E-state index contributed by atoms with van der Waals surface area (Å²) in [6, 6.07) is 13.0. The number of nitrogens with one attached hydrogen (secondary N) is 1. The van der Waals surface area contributed by atoms with E-state index in [2.05, 4.69) is 5.32 Å². The van der Waals surface area contributed by atoms with Gasteiger partial charge in [-0.2, -0.15) is 0 Å². The lowest BCUT2D eigenvalue weighted by molar-refractivity contribution is -0.123. The molecule has 104 valence electrons. The minimum Gasteiger partial charge on any atom is -0.467 e. The first-order valence-electron chi connectivity index (χ1n) is 6.30. The first kappa shape index (κ1) is 13.5. The molecular formula is C15H13Cl2NO2. The van der Waals surface area contributed by atoms with Crippen molar-refractivity contribution in [1.82, 2.24) is 5.32 Å². The van der Waals surface area contributed by atoms with Gasteiger partial charge >= 0.3 is 0 Å². The summed E-state index contributed by atoms with van der Waals surface area (Å²) in [7, 11) is 0. The number of benzene rings is 1. The highest BCUT2D eigenvalue weighted by atomic mass is 35.5. The second kappa shape index (κ2) is 4.83. The molecule has 5 heteroatoms. The van der Waals surface area contributed by atoms with E-state index in [0.29, 0.717) is 18.7 Å². The van der Waals surface area contributed by atoms with Gasteiger partial charge in [-0.25, -0.2) is 0 Å². The Morgan fingerprint density at radius 1 is 1.20 bits per heavy atom. The first-order chi connectivity index (χ1) is 9.56. The maximum atomic E-state index is 12.5. The number of halogens is 2. The van der Waals surface area contributed by atoms with Gasteiger partial charge in [-0.1, -0.05) is 30.3 Å². The van der Waals surface area contributed by atoms with Crippen LogP contribution in [-0.4, -0.2) is 10.2 Å². The number of hydrogen-bond donors (Lipinski definition) is 1. The number of carbonyl (C=O) groups excluding carboxylic acids is 1. The molecule has 1 amide bonds. The third-order valence-corrected chi connectivity index (χ3v) is 4.56. The average molecular weight is 310 g/mol. The van der Waals surface area contributed by atoms with Gasteiger partial charge in [0, 0.05) is 6.42 Å². The summed E-state index contributed by atoms with van der Waals surface area (Å²) in [5, 5.41) is 2.84. The summed E-state index contributed by atoms with van der Waals surface area (Å²) in [6.45, 7) is 0.324. The molecule has 3 rings (SSSR count). The Kier molecular flexibility index (Phi) is 3.27. The lowest BCUT2D eigenvalue weighted by Gasteiger charge is -2.18. The smallest absolute Gasteiger partial charge is 0.234 e. The largest absolute Gasteiger partial charge is 0.467 e. The van der Waals surface area contributed by atoms with Gasteiger partial charge in [0.05, 0.1) is 12.8 Å². The Morgan fingerprint density at radius 3 is 2.45 bits per heavy atom. The highest BCUT2D eigenvalue weighted by Gasteiger charge is 2.72. The van der Waals surface area contributed by atoms with Crippen molar-refractivity contribution in [2.45, 2.75) is 22.7 Å². The van der Waals surface area contributed by atoms with Crippen molar-refractivity contribution in [3.05, 3.63) is 60.1 Å². The van der Waals surface area contributed by atoms with Crippen molar-refractivity contribution < 1.29 is 9.21 Å². The summed E-state index contributed by atoms with van der Waals surface area (Å²) >= 11 is 12.5. The quantitative estimate of drug-likeness (QED) is 0.879. The van der Waals surface area contributed by atoms with Crippen LogP contribution in [0.5, 0.6) is 0 Å². The summed E-state index contributed by atoms with van der Waals surface area (Å²) in [4.78, 5) is 12.5. The molecule has 1 aliphatic rings. The summed E-state index contributed by atoms with van der Waals surface area (Å²) < 4.78 is 4.14. The minimum atomic E-state index is -1.05. The van der Waals surface area contributed by atoms with Crippen LogP contribution in [0.2, 0.25) is 0 Å². The standard InChI is InChI=1S/C15H13Cl2NO2/c16-15(17)10-14(15,11-5-2-1-3-6-11)13(19)18-9-12-7-4-8-20-12/h1-8H,9-10H2,(H,18,19)/t14-/m1/s1. The molecule has 0 aliphatic heterocycles. The van der Waals surface area contributed by atoms with Crippen molar-refractivity contribution in [3.63, 3.8) is 0 Å². The highest BCUT2D eigenvalue weighted by molar-refractivity contribution is 6.54. The summed E-state index contributed by atoms with van der Waals surface area (Å²) in [5.74, 6) is 0.516. The molecule has 1 heterocycles. The van der Waals surface area contributed by atoms with Crippen molar-refractivity contribution in [1.29, 1.82) is 0 Å². The first-order valence-corrected chi connectivity index (χ1v) is 7.06. The van der Waals surface area contributed by atoms with E-state index < -0.39 is 9.75 Å². The predicted octanol–water partition coefficient (Wildman–Crippen LogP) is 3.41. The molecule has 1 aromatic heterocycles. The van der Waals surface area contributed by atoms with Gasteiger partial charge in [-0.3, -0.25) is 4.79 Å². The van der Waals surface area contributed by atoms with E-state index in [9.17, 15) is 4.79 Å². The molecule has 1 aliphatic carbocycles. The molecule has 0 unspecified atom stereocenters. The van der Waals surface area contributed by atoms with Crippen LogP contribution in [0.1, 0.15) is 17.7 Å². The molecular weight excluding hydrogens is 297 g/mol. The fourth-order valence-electron chi connectivity index (χ4n) is 2.43. The molecule has 1 atom stereocenters. The maximum absolute atomic E-state index is 12.5. The van der Waals surface area contributed by atoms with E-state index in [4.69, 9.17) is 27.6 Å². The molecule has 1 fully saturated rings. The van der Waals surface area contributed by atoms with Crippen LogP contribution in [0.4, 0.5) is 0 Å². The Labute approximate surface area is 126 Å². The Hall–Kier alpha value is -1.45. The third kappa shape index (κ3) is 2.11. The zero-order valence-corrected chi connectivity index (χ0v) is 12.1. The third-order valence-electron chi connectivity index (χ3n) is 3.64. The van der Waals surface area contributed by atoms with E-state index in [1.165, 1.54) is 0 Å². The Balaban J connectivity index is 1.80. The molecule has 1 N–H and O–H groups in total. The van der Waals surface area contributed by atoms with Crippen LogP contribution >= 0.6 is 23.2 Å². The number of amides is 1. The van der Waals surface area contributed by atoms with Crippen LogP contribution in [0, 0.1) is 0 Å². The van der Waals surface area contributed by atoms with Gasteiger partial charge in [0.2, 0.25) is 5.91 Å². The molecule has 0 radical (unpaired) electrons. The fourth-order valence-corrected chi connectivity index (χ4v) is 3.22. The molecule has 3 nitrogen and oxygen atoms in total. The zero-order chi connectivity index (χ0) is 14.2. The van der Waals surface area contributed by atoms with Crippen molar-refractivity contribution in [3.8, 4) is 0 Å². The van der Waals surface area contributed by atoms with Gasteiger partial charge in [0.15, 0.2) is 0 Å². The summed E-state index contributed by atoms with van der Waals surface area (Å²) in [6.07, 6.45) is 1.98. The monoisotopic (exact) mass is 309 g/mol. The number of alkyl halides is 2. The average Bonchev–Trinajstić information content (AvgIpc) is 2.81. The molecule has 1 aromatic carbocycles. The van der Waals surface area contributed by atoms with Gasteiger partial charge in [0.1, 0.15) is 15.5 Å². The lowest BCUT2D eigenvalue weighted by atomic mass is 9.95. The number of rotatable bonds is 4. The van der Waals surface area contributed by atoms with E-state index in [1.54, 1.807) is 18.4 Å². The topological polar surface area (TPSA) is 42.2 Å². The van der Waals surface area contributed by atoms with Crippen LogP contribution < -0.4 is 5.32 Å². The molecule has 1 saturated carbocycles. The predicted molar refractivity (Wildman–Crippen MR) is 77.7 cm³/mol. The van der Waals surface area contributed by atoms with Crippen LogP contribution in [0.15, 0.2) is 53.1 Å². The number of carbonyl (C=O) groups is 1. The molecule has 20 heavy (non-hydrogen) atoms. The maximum Gasteiger partial charge on any atom is 0.234 e. The van der Waals surface area contributed by atoms with Crippen LogP contribution in [0.3, 0.4) is 0 Å². The van der Waals surface area contributed by atoms with E-state index in [1.807, 2.05) is 30.3 Å². The minimum absolute atomic E-state index is 0.176. The second-order valence-electron chi connectivity index (χ2n) is 4.91. The van der Waals surface area contributed by atoms with Gasteiger partial charge < -0.3 is 9.73 Å². The molecule has 0 saturated heterocycles. The normalized spacial score (nSPS) is 23.3. The van der Waals surface area contributed by atoms with Crippen molar-refractivity contribution in [2.75, 3.05) is 0 Å². The fraction of sp³-hybridized carbons (Fsp3) is 0.267. The molecule has 2 aromatic rings.